The topological polar surface area (TPSA) is 51.6 Å². The molecule has 0 saturated carbocycles. The number of halogens is 3. The molecule has 0 fully saturated rings. The Morgan fingerprint density at radius 1 is 0.697 bits per heavy atom. The van der Waals surface area contributed by atoms with E-state index in [9.17, 15) is 0 Å². The van der Waals surface area contributed by atoms with E-state index in [0.717, 1.165) is 40.9 Å². The average molecular weight is 572 g/mol. The van der Waals surface area contributed by atoms with Crippen LogP contribution >= 0.6 is 61.8 Å². The third-order valence-electron chi connectivity index (χ3n) is 4.83. The lowest BCUT2D eigenvalue weighted by Gasteiger charge is -1.99. The van der Waals surface area contributed by atoms with E-state index in [-0.39, 0.29) is 5.28 Å². The molecule has 0 aliphatic rings. The molecule has 0 N–H and O–H groups in total. The number of thiophene rings is 2. The van der Waals surface area contributed by atoms with Crippen LogP contribution in [0.25, 0.3) is 42.7 Å². The zero-order valence-electron chi connectivity index (χ0n) is 16.7. The Morgan fingerprint density at radius 2 is 1.27 bits per heavy atom. The van der Waals surface area contributed by atoms with E-state index in [0.29, 0.717) is 5.28 Å². The highest BCUT2D eigenvalue weighted by Crippen LogP contribution is 2.41. The summed E-state index contributed by atoms with van der Waals surface area (Å²) in [7, 11) is 0. The van der Waals surface area contributed by atoms with Crippen molar-refractivity contribution in [3.05, 3.63) is 92.8 Å². The number of rotatable bonds is 2. The Bertz CT molecular complexity index is 1550. The molecule has 4 heterocycles. The molecule has 0 spiro atoms. The first-order valence-corrected chi connectivity index (χ1v) is 13.0. The second-order valence-electron chi connectivity index (χ2n) is 6.85. The fourth-order valence-electron chi connectivity index (χ4n) is 3.35. The van der Waals surface area contributed by atoms with Crippen LogP contribution in [-0.4, -0.2) is 19.9 Å². The maximum absolute atomic E-state index is 5.80. The van der Waals surface area contributed by atoms with Gasteiger partial charge in [-0.25, -0.2) is 19.9 Å². The summed E-state index contributed by atoms with van der Waals surface area (Å²) >= 11 is 18.3. The van der Waals surface area contributed by atoms with E-state index in [1.165, 1.54) is 5.56 Å². The van der Waals surface area contributed by atoms with Crippen molar-refractivity contribution in [2.24, 2.45) is 0 Å². The molecule has 0 amide bonds. The summed E-state index contributed by atoms with van der Waals surface area (Å²) < 4.78 is 1.05. The van der Waals surface area contributed by atoms with Crippen LogP contribution in [0.2, 0.25) is 10.6 Å². The molecule has 162 valence electrons. The predicted octanol–water partition coefficient (Wildman–Crippen LogP) is 8.79. The van der Waals surface area contributed by atoms with Gasteiger partial charge in [0.15, 0.2) is 0 Å². The van der Waals surface area contributed by atoms with Gasteiger partial charge in [0.2, 0.25) is 10.6 Å². The summed E-state index contributed by atoms with van der Waals surface area (Å²) in [6.07, 6.45) is 3.55. The Labute approximate surface area is 216 Å². The number of fused-ring (bicyclic) bond motifs is 2. The first-order valence-electron chi connectivity index (χ1n) is 9.71. The van der Waals surface area contributed by atoms with Gasteiger partial charge in [0.25, 0.3) is 0 Å². The minimum absolute atomic E-state index is 0.283. The van der Waals surface area contributed by atoms with Crippen molar-refractivity contribution < 1.29 is 0 Å². The average Bonchev–Trinajstić information content (AvgIpc) is 3.40. The number of hydrogen-bond acceptors (Lipinski definition) is 6. The van der Waals surface area contributed by atoms with Gasteiger partial charge in [-0.3, -0.25) is 0 Å². The van der Waals surface area contributed by atoms with Gasteiger partial charge in [0.1, 0.15) is 9.66 Å². The van der Waals surface area contributed by atoms with Crippen LogP contribution in [0, 0.1) is 0 Å². The van der Waals surface area contributed by atoms with E-state index in [1.807, 2.05) is 36.4 Å². The number of aromatic nitrogens is 4. The number of nitrogens with zero attached hydrogens (tertiary/aromatic N) is 4. The maximum Gasteiger partial charge on any atom is 0.223 e. The largest absolute Gasteiger partial charge is 0.226 e. The zero-order chi connectivity index (χ0) is 22.8. The summed E-state index contributed by atoms with van der Waals surface area (Å²) in [4.78, 5) is 18.3. The van der Waals surface area contributed by atoms with Crippen LogP contribution in [0.3, 0.4) is 0 Å². The molecule has 0 atom stereocenters. The van der Waals surface area contributed by atoms with Crippen molar-refractivity contribution in [1.29, 1.82) is 0 Å². The lowest BCUT2D eigenvalue weighted by Crippen LogP contribution is -1.81. The van der Waals surface area contributed by atoms with Crippen molar-refractivity contribution in [3.63, 3.8) is 0 Å². The fraction of sp³-hybridized carbons (Fsp3) is 0. The number of benzene rings is 2. The summed E-state index contributed by atoms with van der Waals surface area (Å²) in [5, 5.41) is 4.75. The monoisotopic (exact) mass is 570 g/mol. The third kappa shape index (κ3) is 4.78. The zero-order valence-corrected chi connectivity index (χ0v) is 21.5. The summed E-state index contributed by atoms with van der Waals surface area (Å²) in [6.45, 7) is 0. The van der Waals surface area contributed by atoms with Crippen LogP contribution in [0.1, 0.15) is 0 Å². The Balaban J connectivity index is 0.000000139. The van der Waals surface area contributed by atoms with Gasteiger partial charge in [0, 0.05) is 39.7 Å². The quantitative estimate of drug-likeness (QED) is 0.195. The molecule has 0 bridgehead atoms. The van der Waals surface area contributed by atoms with Crippen LogP contribution < -0.4 is 0 Å². The van der Waals surface area contributed by atoms with E-state index >= 15 is 0 Å². The molecule has 9 heteroatoms. The molecule has 4 nitrogen and oxygen atoms in total. The van der Waals surface area contributed by atoms with Gasteiger partial charge in [-0.15, -0.1) is 22.7 Å². The summed E-state index contributed by atoms with van der Waals surface area (Å²) in [5.74, 6) is 0. The fourth-order valence-corrected chi connectivity index (χ4v) is 6.44. The smallest absolute Gasteiger partial charge is 0.223 e. The minimum Gasteiger partial charge on any atom is -0.226 e. The lowest BCUT2D eigenvalue weighted by atomic mass is 10.1. The third-order valence-corrected chi connectivity index (χ3v) is 7.85. The molecule has 6 rings (SSSR count). The van der Waals surface area contributed by atoms with Crippen LogP contribution in [0.15, 0.2) is 82.2 Å². The van der Waals surface area contributed by atoms with Crippen molar-refractivity contribution in [2.75, 3.05) is 0 Å². The van der Waals surface area contributed by atoms with Crippen LogP contribution in [0.5, 0.6) is 0 Å². The van der Waals surface area contributed by atoms with Gasteiger partial charge in [-0.05, 0) is 50.3 Å². The van der Waals surface area contributed by atoms with Crippen molar-refractivity contribution in [3.8, 4) is 22.3 Å². The standard InChI is InChI=1S/C12H6BrClN2S.C12H7ClN2S/c13-10-9(7-4-2-1-3-5-7)8-6-15-12(14)16-11(8)17-10;13-12-14-6-9-10(7-16-11(9)15-12)8-4-2-1-3-5-8/h1-6H;1-7H. The van der Waals surface area contributed by atoms with Crippen molar-refractivity contribution in [1.82, 2.24) is 19.9 Å². The molecule has 0 radical (unpaired) electrons. The Hall–Kier alpha value is -2.42. The van der Waals surface area contributed by atoms with Crippen molar-refractivity contribution >= 4 is 82.2 Å². The van der Waals surface area contributed by atoms with Crippen LogP contribution in [0.4, 0.5) is 0 Å². The second kappa shape index (κ2) is 9.83. The minimum atomic E-state index is 0.283. The second-order valence-corrected chi connectivity index (χ2v) is 10.7. The molecule has 0 unspecified atom stereocenters. The molecular formula is C24H13BrCl2N4S2. The molecule has 4 aromatic heterocycles. The van der Waals surface area contributed by atoms with E-state index < -0.39 is 0 Å². The van der Waals surface area contributed by atoms with Gasteiger partial charge in [0.05, 0.1) is 3.79 Å². The highest BCUT2D eigenvalue weighted by atomic mass is 79.9. The Morgan fingerprint density at radius 3 is 1.94 bits per heavy atom. The highest BCUT2D eigenvalue weighted by Gasteiger charge is 2.13. The van der Waals surface area contributed by atoms with E-state index in [2.05, 4.69) is 65.5 Å². The van der Waals surface area contributed by atoms with Gasteiger partial charge in [-0.2, -0.15) is 0 Å². The van der Waals surface area contributed by atoms with Crippen molar-refractivity contribution in [2.45, 2.75) is 0 Å². The SMILES string of the molecule is Clc1ncc2c(-c3ccccc3)c(Br)sc2n1.Clc1ncc2c(-c3ccccc3)csc2n1. The molecule has 0 aliphatic heterocycles. The Kier molecular flexibility index (Phi) is 6.66. The first kappa shape index (κ1) is 22.4. The van der Waals surface area contributed by atoms with Gasteiger partial charge < -0.3 is 0 Å². The molecule has 6 aromatic rings. The normalized spacial score (nSPS) is 10.9. The summed E-state index contributed by atoms with van der Waals surface area (Å²) in [6, 6.07) is 20.4. The molecular weight excluding hydrogens is 559 g/mol. The number of hydrogen-bond donors (Lipinski definition) is 0. The van der Waals surface area contributed by atoms with E-state index in [1.54, 1.807) is 35.1 Å². The van der Waals surface area contributed by atoms with Crippen LogP contribution in [-0.2, 0) is 0 Å². The van der Waals surface area contributed by atoms with E-state index in [4.69, 9.17) is 23.2 Å². The molecule has 0 aliphatic carbocycles. The summed E-state index contributed by atoms with van der Waals surface area (Å²) in [5.41, 5.74) is 4.62. The van der Waals surface area contributed by atoms with Gasteiger partial charge >= 0.3 is 0 Å². The maximum atomic E-state index is 5.80. The molecule has 2 aromatic carbocycles. The first-order chi connectivity index (χ1) is 16.1. The lowest BCUT2D eigenvalue weighted by molar-refractivity contribution is 1.23. The molecule has 0 saturated heterocycles. The highest BCUT2D eigenvalue weighted by molar-refractivity contribution is 9.11. The molecule has 33 heavy (non-hydrogen) atoms. The van der Waals surface area contributed by atoms with Gasteiger partial charge in [-0.1, -0.05) is 60.7 Å². The predicted molar refractivity (Wildman–Crippen MR) is 143 cm³/mol.